The summed E-state index contributed by atoms with van der Waals surface area (Å²) in [6, 6.07) is -0.344. The summed E-state index contributed by atoms with van der Waals surface area (Å²) in [5, 5.41) is 8.80. The molecule has 5 heteroatoms. The van der Waals surface area contributed by atoms with Crippen molar-refractivity contribution in [3.8, 4) is 0 Å². The molecule has 0 aliphatic rings. The topological polar surface area (TPSA) is 66.4 Å². The zero-order valence-corrected chi connectivity index (χ0v) is 9.26. The SMILES string of the molecule is CC[C@H](CO)NS(=O)(=O)CC(C)C. The molecular weight excluding hydrogens is 190 g/mol. The van der Waals surface area contributed by atoms with Crippen LogP contribution in [0.3, 0.4) is 0 Å². The Balaban J connectivity index is 4.16. The monoisotopic (exact) mass is 209 g/mol. The predicted molar refractivity (Wildman–Crippen MR) is 52.9 cm³/mol. The largest absolute Gasteiger partial charge is 0.395 e. The molecular formula is C8H19NO3S. The van der Waals surface area contributed by atoms with Gasteiger partial charge in [0.05, 0.1) is 12.4 Å². The van der Waals surface area contributed by atoms with E-state index in [1.165, 1.54) is 0 Å². The van der Waals surface area contributed by atoms with Gasteiger partial charge in [-0.3, -0.25) is 0 Å². The third kappa shape index (κ3) is 6.01. The third-order valence-electron chi connectivity index (χ3n) is 1.61. The maximum atomic E-state index is 11.3. The smallest absolute Gasteiger partial charge is 0.212 e. The minimum Gasteiger partial charge on any atom is -0.395 e. The summed E-state index contributed by atoms with van der Waals surface area (Å²) in [5.74, 6) is 0.220. The Bertz CT molecular complexity index is 220. The molecule has 0 rings (SSSR count). The van der Waals surface area contributed by atoms with Crippen molar-refractivity contribution in [2.45, 2.75) is 33.2 Å². The van der Waals surface area contributed by atoms with Crippen LogP contribution >= 0.6 is 0 Å². The minimum atomic E-state index is -3.21. The van der Waals surface area contributed by atoms with Gasteiger partial charge in [-0.1, -0.05) is 20.8 Å². The minimum absolute atomic E-state index is 0.105. The molecule has 0 aliphatic heterocycles. The molecule has 0 fully saturated rings. The first-order chi connectivity index (χ1) is 5.91. The summed E-state index contributed by atoms with van der Waals surface area (Å²) in [7, 11) is -3.21. The summed E-state index contributed by atoms with van der Waals surface area (Å²) < 4.78 is 25.1. The van der Waals surface area contributed by atoms with Crippen molar-refractivity contribution in [2.24, 2.45) is 5.92 Å². The van der Waals surface area contributed by atoms with E-state index in [9.17, 15) is 8.42 Å². The lowest BCUT2D eigenvalue weighted by atomic mass is 10.3. The highest BCUT2D eigenvalue weighted by atomic mass is 32.2. The highest BCUT2D eigenvalue weighted by Crippen LogP contribution is 2.00. The Morgan fingerprint density at radius 3 is 2.23 bits per heavy atom. The second kappa shape index (κ2) is 5.57. The van der Waals surface area contributed by atoms with Gasteiger partial charge in [-0.05, 0) is 12.3 Å². The molecule has 4 nitrogen and oxygen atoms in total. The number of aliphatic hydroxyl groups is 1. The van der Waals surface area contributed by atoms with Gasteiger partial charge in [0.1, 0.15) is 0 Å². The van der Waals surface area contributed by atoms with Crippen LogP contribution in [0.4, 0.5) is 0 Å². The lowest BCUT2D eigenvalue weighted by Crippen LogP contribution is -2.39. The zero-order chi connectivity index (χ0) is 10.5. The molecule has 0 aromatic rings. The van der Waals surface area contributed by atoms with Crippen LogP contribution in [0.1, 0.15) is 27.2 Å². The van der Waals surface area contributed by atoms with Gasteiger partial charge in [-0.15, -0.1) is 0 Å². The van der Waals surface area contributed by atoms with Crippen molar-refractivity contribution < 1.29 is 13.5 Å². The Morgan fingerprint density at radius 1 is 1.38 bits per heavy atom. The van der Waals surface area contributed by atoms with E-state index in [1.807, 2.05) is 20.8 Å². The molecule has 0 spiro atoms. The molecule has 0 aliphatic carbocycles. The number of hydrogen-bond donors (Lipinski definition) is 2. The standard InChI is InChI=1S/C8H19NO3S/c1-4-8(5-10)9-13(11,12)6-7(2)3/h7-10H,4-6H2,1-3H3/t8-/m1/s1. The van der Waals surface area contributed by atoms with E-state index in [4.69, 9.17) is 5.11 Å². The summed E-state index contributed by atoms with van der Waals surface area (Å²) in [6.07, 6.45) is 0.605. The molecule has 0 heterocycles. The van der Waals surface area contributed by atoms with Crippen molar-refractivity contribution in [1.29, 1.82) is 0 Å². The first-order valence-electron chi connectivity index (χ1n) is 4.52. The molecule has 2 N–H and O–H groups in total. The van der Waals surface area contributed by atoms with Gasteiger partial charge in [-0.25, -0.2) is 13.1 Å². The first-order valence-corrected chi connectivity index (χ1v) is 6.17. The molecule has 80 valence electrons. The van der Waals surface area contributed by atoms with Crippen molar-refractivity contribution >= 4 is 10.0 Å². The molecule has 0 radical (unpaired) electrons. The first kappa shape index (κ1) is 12.9. The Labute approximate surface area is 80.4 Å². The van der Waals surface area contributed by atoms with E-state index < -0.39 is 10.0 Å². The highest BCUT2D eigenvalue weighted by molar-refractivity contribution is 7.89. The van der Waals surface area contributed by atoms with Crippen LogP contribution in [-0.2, 0) is 10.0 Å². The van der Waals surface area contributed by atoms with E-state index in [0.717, 1.165) is 0 Å². The lowest BCUT2D eigenvalue weighted by molar-refractivity contribution is 0.253. The van der Waals surface area contributed by atoms with E-state index in [1.54, 1.807) is 0 Å². The average Bonchev–Trinajstić information content (AvgIpc) is 1.97. The number of aliphatic hydroxyl groups excluding tert-OH is 1. The maximum absolute atomic E-state index is 11.3. The van der Waals surface area contributed by atoms with Gasteiger partial charge >= 0.3 is 0 Å². The van der Waals surface area contributed by atoms with Crippen molar-refractivity contribution in [1.82, 2.24) is 4.72 Å². The predicted octanol–water partition coefficient (Wildman–Crippen LogP) is 0.333. The van der Waals surface area contributed by atoms with Gasteiger partial charge in [0, 0.05) is 6.04 Å². The van der Waals surface area contributed by atoms with Gasteiger partial charge in [0.25, 0.3) is 0 Å². The van der Waals surface area contributed by atoms with Crippen LogP contribution in [0.5, 0.6) is 0 Å². The molecule has 0 amide bonds. The summed E-state index contributed by atoms with van der Waals surface area (Å²) >= 11 is 0. The zero-order valence-electron chi connectivity index (χ0n) is 8.45. The van der Waals surface area contributed by atoms with Gasteiger partial charge in [0.2, 0.25) is 10.0 Å². The van der Waals surface area contributed by atoms with Crippen LogP contribution in [0.2, 0.25) is 0 Å². The Kier molecular flexibility index (Phi) is 5.51. The Morgan fingerprint density at radius 2 is 1.92 bits per heavy atom. The fraction of sp³-hybridized carbons (Fsp3) is 1.00. The van der Waals surface area contributed by atoms with Crippen molar-refractivity contribution in [3.63, 3.8) is 0 Å². The number of sulfonamides is 1. The molecule has 0 bridgehead atoms. The van der Waals surface area contributed by atoms with Crippen LogP contribution in [0.25, 0.3) is 0 Å². The van der Waals surface area contributed by atoms with E-state index in [0.29, 0.717) is 6.42 Å². The summed E-state index contributed by atoms with van der Waals surface area (Å²) in [6.45, 7) is 5.38. The van der Waals surface area contributed by atoms with Crippen molar-refractivity contribution in [2.75, 3.05) is 12.4 Å². The molecule has 13 heavy (non-hydrogen) atoms. The van der Waals surface area contributed by atoms with Crippen LogP contribution < -0.4 is 4.72 Å². The third-order valence-corrected chi connectivity index (χ3v) is 3.41. The van der Waals surface area contributed by atoms with E-state index >= 15 is 0 Å². The molecule has 0 aromatic carbocycles. The van der Waals surface area contributed by atoms with Crippen LogP contribution in [0, 0.1) is 5.92 Å². The number of nitrogens with one attached hydrogen (secondary N) is 1. The second-order valence-electron chi connectivity index (χ2n) is 3.58. The second-order valence-corrected chi connectivity index (χ2v) is 5.38. The van der Waals surface area contributed by atoms with Crippen molar-refractivity contribution in [3.05, 3.63) is 0 Å². The fourth-order valence-corrected chi connectivity index (χ4v) is 2.71. The molecule has 0 saturated heterocycles. The maximum Gasteiger partial charge on any atom is 0.212 e. The highest BCUT2D eigenvalue weighted by Gasteiger charge is 2.16. The molecule has 0 saturated carbocycles. The van der Waals surface area contributed by atoms with Gasteiger partial charge in [0.15, 0.2) is 0 Å². The van der Waals surface area contributed by atoms with Crippen LogP contribution in [-0.4, -0.2) is 31.9 Å². The van der Waals surface area contributed by atoms with Crippen LogP contribution in [0.15, 0.2) is 0 Å². The average molecular weight is 209 g/mol. The Hall–Kier alpha value is -0.130. The molecule has 1 atom stereocenters. The van der Waals surface area contributed by atoms with E-state index in [-0.39, 0.29) is 24.3 Å². The molecule has 0 aromatic heterocycles. The van der Waals surface area contributed by atoms with Gasteiger partial charge in [-0.2, -0.15) is 0 Å². The van der Waals surface area contributed by atoms with Gasteiger partial charge < -0.3 is 5.11 Å². The summed E-state index contributed by atoms with van der Waals surface area (Å²) in [5.41, 5.74) is 0. The molecule has 0 unspecified atom stereocenters. The number of hydrogen-bond acceptors (Lipinski definition) is 3. The quantitative estimate of drug-likeness (QED) is 0.662. The normalized spacial score (nSPS) is 14.8. The lowest BCUT2D eigenvalue weighted by Gasteiger charge is -2.15. The van der Waals surface area contributed by atoms with E-state index in [2.05, 4.69) is 4.72 Å². The number of rotatable bonds is 6. The summed E-state index contributed by atoms with van der Waals surface area (Å²) in [4.78, 5) is 0. The fourth-order valence-electron chi connectivity index (χ4n) is 0.991.